The van der Waals surface area contributed by atoms with Crippen LogP contribution in [-0.4, -0.2) is 56.2 Å². The molecule has 0 atom stereocenters. The maximum Gasteiger partial charge on any atom is 0.416 e. The summed E-state index contributed by atoms with van der Waals surface area (Å²) in [5.41, 5.74) is 0.814. The molecule has 0 bridgehead atoms. The number of nitrogens with one attached hydrogen (secondary N) is 1. The molecule has 1 N–H and O–H groups in total. The Kier molecular flexibility index (Phi) is 7.28. The first-order valence-corrected chi connectivity index (χ1v) is 11.6. The van der Waals surface area contributed by atoms with Crippen molar-refractivity contribution in [2.45, 2.75) is 50.7 Å². The maximum atomic E-state index is 13.0. The summed E-state index contributed by atoms with van der Waals surface area (Å²) in [4.78, 5) is 16.7. The van der Waals surface area contributed by atoms with E-state index < -0.39 is 11.7 Å². The van der Waals surface area contributed by atoms with Gasteiger partial charge in [-0.1, -0.05) is 6.07 Å². The fourth-order valence-corrected chi connectivity index (χ4v) is 4.90. The Morgan fingerprint density at radius 2 is 1.84 bits per heavy atom. The third kappa shape index (κ3) is 5.97. The zero-order valence-electron chi connectivity index (χ0n) is 18.4. The fourth-order valence-electron chi connectivity index (χ4n) is 4.90. The molecule has 176 valence electrons. The van der Waals surface area contributed by atoms with Crippen LogP contribution in [0.3, 0.4) is 0 Å². The van der Waals surface area contributed by atoms with Crippen LogP contribution in [-0.2, 0) is 15.7 Å². The van der Waals surface area contributed by atoms with Gasteiger partial charge in [0.15, 0.2) is 0 Å². The lowest BCUT2D eigenvalue weighted by Crippen LogP contribution is -2.47. The molecule has 0 radical (unpaired) electrons. The number of carbonyl (C=O) groups excluding carboxylic acids is 1. The molecule has 8 heteroatoms. The Morgan fingerprint density at radius 3 is 2.50 bits per heavy atom. The summed E-state index contributed by atoms with van der Waals surface area (Å²) in [5.74, 6) is 0.697. The van der Waals surface area contributed by atoms with Crippen LogP contribution in [0.25, 0.3) is 0 Å². The van der Waals surface area contributed by atoms with Crippen LogP contribution in [0, 0.1) is 5.92 Å². The van der Waals surface area contributed by atoms with E-state index in [-0.39, 0.29) is 11.9 Å². The number of amides is 1. The number of carbonyl (C=O) groups is 1. The number of ether oxygens (including phenoxy) is 1. The van der Waals surface area contributed by atoms with Gasteiger partial charge in [-0.15, -0.1) is 0 Å². The monoisotopic (exact) mass is 451 g/mol. The zero-order chi connectivity index (χ0) is 22.6. The minimum Gasteiger partial charge on any atom is -0.500 e. The summed E-state index contributed by atoms with van der Waals surface area (Å²) in [6, 6.07) is 5.89. The van der Waals surface area contributed by atoms with Crippen molar-refractivity contribution in [3.05, 3.63) is 41.7 Å². The Balaban J connectivity index is 1.15. The average molecular weight is 452 g/mol. The number of hydrogen-bond acceptors (Lipinski definition) is 4. The molecule has 2 aliphatic heterocycles. The lowest BCUT2D eigenvalue weighted by atomic mass is 9.84. The number of benzene rings is 1. The van der Waals surface area contributed by atoms with Gasteiger partial charge >= 0.3 is 6.18 Å². The van der Waals surface area contributed by atoms with Crippen molar-refractivity contribution in [2.24, 2.45) is 5.92 Å². The number of hydrogen-bond donors (Lipinski definition) is 1. The molecule has 1 saturated carbocycles. The molecule has 32 heavy (non-hydrogen) atoms. The first-order valence-electron chi connectivity index (χ1n) is 11.6. The first-order chi connectivity index (χ1) is 15.4. The predicted octanol–water partition coefficient (Wildman–Crippen LogP) is 4.20. The number of nitrogens with zero attached hydrogens (tertiary/aromatic N) is 2. The molecule has 5 nitrogen and oxygen atoms in total. The van der Waals surface area contributed by atoms with Gasteiger partial charge in [0, 0.05) is 44.3 Å². The quantitative estimate of drug-likeness (QED) is 0.704. The van der Waals surface area contributed by atoms with E-state index in [2.05, 4.69) is 10.2 Å². The molecular formula is C24H32F3N3O2. The van der Waals surface area contributed by atoms with E-state index in [9.17, 15) is 18.0 Å². The van der Waals surface area contributed by atoms with E-state index in [1.54, 1.807) is 12.3 Å². The Labute approximate surface area is 187 Å². The summed E-state index contributed by atoms with van der Waals surface area (Å²) in [5, 5.41) is 3.15. The molecule has 1 saturated heterocycles. The fraction of sp³-hybridized carbons (Fsp3) is 0.625. The minimum atomic E-state index is -4.30. The van der Waals surface area contributed by atoms with Crippen molar-refractivity contribution in [2.75, 3.05) is 44.2 Å². The lowest BCUT2D eigenvalue weighted by Gasteiger charge is -2.37. The molecule has 1 aromatic rings. The second-order valence-electron chi connectivity index (χ2n) is 9.12. The summed E-state index contributed by atoms with van der Waals surface area (Å²) >= 11 is 0. The van der Waals surface area contributed by atoms with E-state index in [0.29, 0.717) is 24.6 Å². The van der Waals surface area contributed by atoms with Crippen molar-refractivity contribution in [3.63, 3.8) is 0 Å². The smallest absolute Gasteiger partial charge is 0.416 e. The molecule has 2 heterocycles. The van der Waals surface area contributed by atoms with Gasteiger partial charge in [0.05, 0.1) is 24.0 Å². The van der Waals surface area contributed by atoms with Gasteiger partial charge in [-0.05, 0) is 62.8 Å². The number of alkyl halides is 3. The molecule has 2 fully saturated rings. The Morgan fingerprint density at radius 1 is 1.09 bits per heavy atom. The van der Waals surface area contributed by atoms with E-state index in [1.807, 2.05) is 4.90 Å². The number of anilines is 1. The van der Waals surface area contributed by atoms with Gasteiger partial charge in [-0.3, -0.25) is 9.69 Å². The van der Waals surface area contributed by atoms with Crippen LogP contribution >= 0.6 is 0 Å². The van der Waals surface area contributed by atoms with Crippen molar-refractivity contribution in [3.8, 4) is 0 Å². The lowest BCUT2D eigenvalue weighted by molar-refractivity contribution is -0.137. The van der Waals surface area contributed by atoms with Crippen LogP contribution in [0.15, 0.2) is 36.1 Å². The third-order valence-electron chi connectivity index (χ3n) is 6.95. The number of halogens is 3. The van der Waals surface area contributed by atoms with E-state index in [4.69, 9.17) is 4.74 Å². The van der Waals surface area contributed by atoms with Gasteiger partial charge in [-0.2, -0.15) is 13.2 Å². The van der Waals surface area contributed by atoms with Crippen LogP contribution < -0.4 is 10.2 Å². The number of rotatable bonds is 6. The summed E-state index contributed by atoms with van der Waals surface area (Å²) in [7, 11) is 0. The highest BCUT2D eigenvalue weighted by atomic mass is 19.4. The van der Waals surface area contributed by atoms with Crippen molar-refractivity contribution < 1.29 is 22.7 Å². The van der Waals surface area contributed by atoms with E-state index in [1.165, 1.54) is 12.1 Å². The highest BCUT2D eigenvalue weighted by Crippen LogP contribution is 2.32. The molecule has 1 aromatic carbocycles. The second-order valence-corrected chi connectivity index (χ2v) is 9.12. The van der Waals surface area contributed by atoms with Crippen molar-refractivity contribution >= 4 is 11.6 Å². The van der Waals surface area contributed by atoms with E-state index in [0.717, 1.165) is 76.5 Å². The van der Waals surface area contributed by atoms with Gasteiger partial charge < -0.3 is 15.0 Å². The van der Waals surface area contributed by atoms with Gasteiger partial charge in [0.1, 0.15) is 0 Å². The minimum absolute atomic E-state index is 0.0181. The second kappa shape index (κ2) is 10.1. The summed E-state index contributed by atoms with van der Waals surface area (Å²) in [6.45, 7) is 4.88. The van der Waals surface area contributed by atoms with Gasteiger partial charge in [0.25, 0.3) is 5.91 Å². The topological polar surface area (TPSA) is 44.8 Å². The normalized spacial score (nSPS) is 24.7. The van der Waals surface area contributed by atoms with Crippen LogP contribution in [0.2, 0.25) is 0 Å². The molecule has 3 aliphatic rings. The molecule has 0 aromatic heterocycles. The molecule has 1 amide bonds. The molecule has 0 unspecified atom stereocenters. The average Bonchev–Trinajstić information content (AvgIpc) is 3.34. The SMILES string of the molecule is O=C(NC1CCC(CCN2CCN(c3cccc(C(F)(F)F)c3)CC2)CC1)C1=COCC1. The molecular weight excluding hydrogens is 419 g/mol. The predicted molar refractivity (Wildman–Crippen MR) is 117 cm³/mol. The van der Waals surface area contributed by atoms with Crippen LogP contribution in [0.1, 0.15) is 44.1 Å². The van der Waals surface area contributed by atoms with Gasteiger partial charge in [-0.25, -0.2) is 0 Å². The van der Waals surface area contributed by atoms with Crippen molar-refractivity contribution in [1.29, 1.82) is 0 Å². The number of piperazine rings is 1. The maximum absolute atomic E-state index is 13.0. The first kappa shape index (κ1) is 23.0. The summed E-state index contributed by atoms with van der Waals surface area (Å²) < 4.78 is 44.1. The zero-order valence-corrected chi connectivity index (χ0v) is 18.4. The standard InChI is InChI=1S/C24H32F3N3O2/c25-24(26,27)20-2-1-3-22(16-20)30-13-11-29(12-14-30)10-8-18-4-6-21(7-5-18)28-23(31)19-9-15-32-17-19/h1-3,16-18,21H,4-15H2,(H,28,31). The highest BCUT2D eigenvalue weighted by Gasteiger charge is 2.31. The Hall–Kier alpha value is -2.22. The third-order valence-corrected chi connectivity index (χ3v) is 6.95. The van der Waals surface area contributed by atoms with Crippen molar-refractivity contribution in [1.82, 2.24) is 10.2 Å². The van der Waals surface area contributed by atoms with Crippen LogP contribution in [0.4, 0.5) is 18.9 Å². The Bertz CT molecular complexity index is 811. The molecule has 0 spiro atoms. The summed E-state index contributed by atoms with van der Waals surface area (Å²) in [6.07, 6.45) is 3.41. The largest absolute Gasteiger partial charge is 0.500 e. The molecule has 4 rings (SSSR count). The molecule has 1 aliphatic carbocycles. The van der Waals surface area contributed by atoms with Gasteiger partial charge in [0.2, 0.25) is 0 Å². The highest BCUT2D eigenvalue weighted by molar-refractivity contribution is 5.93. The van der Waals surface area contributed by atoms with E-state index >= 15 is 0 Å². The van der Waals surface area contributed by atoms with Crippen LogP contribution in [0.5, 0.6) is 0 Å².